The summed E-state index contributed by atoms with van der Waals surface area (Å²) in [4.78, 5) is 166. The van der Waals surface area contributed by atoms with Gasteiger partial charge in [0, 0.05) is 154 Å². The van der Waals surface area contributed by atoms with Crippen LogP contribution in [0, 0.1) is 13.8 Å². The Morgan fingerprint density at radius 3 is 0.966 bits per heavy atom. The van der Waals surface area contributed by atoms with Gasteiger partial charge in [0.2, 0.25) is 23.6 Å². The summed E-state index contributed by atoms with van der Waals surface area (Å²) in [7, 11) is 6.48. The van der Waals surface area contributed by atoms with E-state index in [0.717, 1.165) is 137 Å². The number of hydrogen-bond acceptors (Lipinski definition) is 21. The molecule has 0 aromatic heterocycles. The van der Waals surface area contributed by atoms with Crippen LogP contribution in [0.3, 0.4) is 0 Å². The number of nitrogens with zero attached hydrogens (tertiary/aromatic N) is 4. The molecule has 0 unspecified atom stereocenters. The maximum absolute atomic E-state index is 14.1. The van der Waals surface area contributed by atoms with Crippen LogP contribution in [0.5, 0.6) is 34.5 Å². The summed E-state index contributed by atoms with van der Waals surface area (Å²) in [5, 5.41) is 11.1. The van der Waals surface area contributed by atoms with Gasteiger partial charge in [-0.3, -0.25) is 57.5 Å². The lowest BCUT2D eigenvalue weighted by Crippen LogP contribution is -2.36. The second-order valence-electron chi connectivity index (χ2n) is 40.5. The number of carbonyl (C=O) groups excluding carboxylic acids is 12. The van der Waals surface area contributed by atoms with Crippen LogP contribution < -0.4 is 69.3 Å². The van der Waals surface area contributed by atoms with E-state index < -0.39 is 17.7 Å². The molecule has 4 atom stereocenters. The number of Topliss-reactive ketones (excluding diaryl/α,β-unsaturated/α-hetero) is 4. The Balaban J connectivity index is 0.000000209. The summed E-state index contributed by atoms with van der Waals surface area (Å²) in [5.41, 5.74) is 20.3. The number of ketones is 4. The van der Waals surface area contributed by atoms with E-state index in [1.54, 1.807) is 54.0 Å². The Morgan fingerprint density at radius 2 is 0.646 bits per heavy atom. The first-order valence-corrected chi connectivity index (χ1v) is 53.5. The molecule has 10 aromatic carbocycles. The van der Waals surface area contributed by atoms with Gasteiger partial charge in [-0.15, -0.1) is 0 Å². The third kappa shape index (κ3) is 25.7. The van der Waals surface area contributed by atoms with Gasteiger partial charge in [-0.1, -0.05) is 116 Å². The number of methoxy groups -OCH3 is 2. The highest BCUT2D eigenvalue weighted by Gasteiger charge is 2.43. The molecule has 768 valence electrons. The van der Waals surface area contributed by atoms with Gasteiger partial charge in [-0.25, -0.2) is 0 Å². The maximum Gasteiger partial charge on any atom is 0.258 e. The minimum Gasteiger partial charge on any atom is -0.493 e. The largest absolute Gasteiger partial charge is 0.493 e. The van der Waals surface area contributed by atoms with Gasteiger partial charge in [0.1, 0.15) is 49.5 Å². The zero-order chi connectivity index (χ0) is 103. The lowest BCUT2D eigenvalue weighted by Gasteiger charge is -2.23. The average Bonchev–Trinajstić information content (AvgIpc) is 1.62. The second kappa shape index (κ2) is 47.1. The lowest BCUT2D eigenvalue weighted by atomic mass is 9.98. The van der Waals surface area contributed by atoms with E-state index in [-0.39, 0.29) is 185 Å². The minimum atomic E-state index is -0.399. The fourth-order valence-electron chi connectivity index (χ4n) is 21.1. The zero-order valence-corrected chi connectivity index (χ0v) is 86.8. The molecular weight excluding hydrogens is 1910 g/mol. The van der Waals surface area contributed by atoms with E-state index in [9.17, 15) is 57.5 Å². The summed E-state index contributed by atoms with van der Waals surface area (Å²) < 4.78 is 37.3. The van der Waals surface area contributed by atoms with Crippen molar-refractivity contribution < 1.29 is 86.0 Å². The van der Waals surface area contributed by atoms with Crippen molar-refractivity contribution in [2.75, 3.05) is 63.8 Å². The SMILES string of the molecule is C.COc1cc2c(cc1OCc1cc(COc3cc4c(cc3C)C(=O)N3c5ccccc5C[C@H]3CC4)cc(NC(=O)CCC(=O)CNC(=O)CCC(=O)CCC(C)(C)S)c1)CC[C@@H]1Cc3ccccc3N1C2=O.COc1cc2c(cc1OCc1cc(COc3cc4c(cc3C)C(=O)N3c5ccccc5C[C@H]3CC4)cc(NC(=O)CCC(=O)CNC(=O)CCC(=O)CCC(C)(C)SSC)c1)CC[C@@H]1Cc3ccccc3N1C2=O. The molecule has 0 spiro atoms. The van der Waals surface area contributed by atoms with Gasteiger partial charge < -0.3 is 69.3 Å². The molecule has 10 aromatic rings. The van der Waals surface area contributed by atoms with Crippen molar-refractivity contribution >= 4 is 139 Å². The highest BCUT2D eigenvalue weighted by molar-refractivity contribution is 8.76. The first-order valence-electron chi connectivity index (χ1n) is 50.5. The molecule has 29 heteroatoms. The zero-order valence-electron chi connectivity index (χ0n) is 84.2. The molecule has 0 radical (unpaired) electrons. The first-order chi connectivity index (χ1) is 70.3. The normalized spacial score (nSPS) is 16.3. The molecule has 0 aliphatic carbocycles. The third-order valence-corrected chi connectivity index (χ3v) is 31.6. The molecule has 8 heterocycles. The fraction of sp³-hybridized carbons (Fsp3) is 0.390. The van der Waals surface area contributed by atoms with Crippen LogP contribution >= 0.6 is 34.2 Å². The predicted molar refractivity (Wildman–Crippen MR) is 579 cm³/mol. The van der Waals surface area contributed by atoms with Crippen molar-refractivity contribution in [2.45, 2.75) is 263 Å². The van der Waals surface area contributed by atoms with Gasteiger partial charge in [0.15, 0.2) is 34.6 Å². The van der Waals surface area contributed by atoms with Crippen molar-refractivity contribution in [3.63, 3.8) is 0 Å². The Labute approximate surface area is 873 Å². The maximum atomic E-state index is 14.1. The van der Waals surface area contributed by atoms with Crippen LogP contribution in [0.1, 0.15) is 257 Å². The number of thiol groups is 1. The number of hydrogen-bond donors (Lipinski definition) is 5. The summed E-state index contributed by atoms with van der Waals surface area (Å²) in [5.74, 6) is 0.788. The van der Waals surface area contributed by atoms with E-state index in [0.29, 0.717) is 112 Å². The standard InChI is InChI=1S/C59H64N4O9S2.C58H62N4O9S.CH4/c1-36-24-48-39(14-16-44-28-41-10-6-8-12-50(41)62(44)57(48)68)30-52(36)71-34-37-25-38(27-43(26-37)61-56(67)21-19-47(65)33-60-55(66)20-18-46(64)22-23-59(2,3)74-73-5)35-72-54-31-40-15-17-45-29-42-11-7-9-13-51(42)63(45)58(69)49(40)32-53(54)70-4;1-35-23-47-38(13-15-43-27-40-9-5-7-11-49(40)61(43)56(47)67)29-51(35)70-33-36-24-37(26-42(25-36)60-55(66)20-18-46(64)32-59-54(65)19-17-45(63)21-22-58(2,3)72)34-71-53-30-39-14-16-44-28-41-10-6-8-12-50(41)62(44)57(68)48(39)31-52(53)69-4;/h6-13,24-27,30-32,44-45H,14-23,28-29,33-35H2,1-5H3,(H,60,66)(H,61,67);5-12,23-26,29-31,43-44,72H,13-22,27-28,32-34H2,1-4H3,(H,59,65)(H,60,66);1H4/t44-,45-;43-,44-;/m11./s1. The topological polar surface area (TPSA) is 321 Å². The van der Waals surface area contributed by atoms with Gasteiger partial charge in [0.05, 0.1) is 27.3 Å². The summed E-state index contributed by atoms with van der Waals surface area (Å²) in [6.07, 6.45) is 13.2. The van der Waals surface area contributed by atoms with Gasteiger partial charge in [-0.05, 0) is 311 Å². The first kappa shape index (κ1) is 106. The highest BCUT2D eigenvalue weighted by Crippen LogP contribution is 2.47. The second-order valence-corrected chi connectivity index (χ2v) is 44.8. The monoisotopic (exact) mass is 2040 g/mol. The molecule has 26 nitrogen and oxygen atoms in total. The number of rotatable bonds is 40. The molecular formula is C118H130N8O18S3. The van der Waals surface area contributed by atoms with Crippen molar-refractivity contribution in [2.24, 2.45) is 0 Å². The van der Waals surface area contributed by atoms with Gasteiger partial charge in [-0.2, -0.15) is 12.6 Å². The van der Waals surface area contributed by atoms with Crippen molar-refractivity contribution in [3.8, 4) is 34.5 Å². The fourth-order valence-corrected chi connectivity index (χ4v) is 23.4. The van der Waals surface area contributed by atoms with E-state index in [2.05, 4.69) is 72.0 Å². The average molecular weight is 2040 g/mol. The number of carbonyl (C=O) groups is 12. The summed E-state index contributed by atoms with van der Waals surface area (Å²) in [6, 6.07) is 59.0. The molecule has 0 saturated heterocycles. The number of ether oxygens (including phenoxy) is 6. The molecule has 18 rings (SSSR count). The van der Waals surface area contributed by atoms with Crippen LogP contribution in [-0.4, -0.2) is 138 Å². The Hall–Kier alpha value is -13.5. The van der Waals surface area contributed by atoms with Crippen LogP contribution in [-0.2, 0) is 116 Å². The third-order valence-electron chi connectivity index (χ3n) is 28.7. The molecule has 0 fully saturated rings. The molecule has 147 heavy (non-hydrogen) atoms. The Bertz CT molecular complexity index is 6770. The number of amides is 8. The smallest absolute Gasteiger partial charge is 0.258 e. The Kier molecular flexibility index (Phi) is 34.1. The number of anilines is 6. The highest BCUT2D eigenvalue weighted by atomic mass is 33.1. The van der Waals surface area contributed by atoms with Crippen LogP contribution in [0.4, 0.5) is 34.1 Å². The molecule has 8 aliphatic rings. The molecule has 8 aliphatic heterocycles. The minimum absolute atomic E-state index is 0. The van der Waals surface area contributed by atoms with Crippen LogP contribution in [0.25, 0.3) is 0 Å². The predicted octanol–water partition coefficient (Wildman–Crippen LogP) is 20.6. The van der Waals surface area contributed by atoms with E-state index in [1.165, 1.54) is 22.3 Å². The molecule has 4 N–H and O–H groups in total. The van der Waals surface area contributed by atoms with Crippen LogP contribution in [0.15, 0.2) is 182 Å². The molecule has 0 saturated carbocycles. The number of aryl methyl sites for hydroxylation is 6. The number of benzene rings is 10. The number of fused-ring (bicyclic) bond motifs is 16. The Morgan fingerprint density at radius 1 is 0.354 bits per heavy atom. The summed E-state index contributed by atoms with van der Waals surface area (Å²) >= 11 is 4.45. The lowest BCUT2D eigenvalue weighted by molar-refractivity contribution is -0.127. The van der Waals surface area contributed by atoms with E-state index >= 15 is 0 Å². The quantitative estimate of drug-likeness (QED) is 0.0176. The van der Waals surface area contributed by atoms with Crippen molar-refractivity contribution in [1.82, 2.24) is 10.6 Å². The van der Waals surface area contributed by atoms with E-state index in [1.807, 2.05) is 193 Å². The number of nitrogens with one attached hydrogen (secondary N) is 4. The van der Waals surface area contributed by atoms with Gasteiger partial charge in [0.25, 0.3) is 23.6 Å². The van der Waals surface area contributed by atoms with Gasteiger partial charge >= 0.3 is 0 Å². The van der Waals surface area contributed by atoms with Crippen LogP contribution in [0.2, 0.25) is 0 Å². The summed E-state index contributed by atoms with van der Waals surface area (Å²) in [6.45, 7) is 11.9. The van der Waals surface area contributed by atoms with Crippen molar-refractivity contribution in [3.05, 3.63) is 282 Å². The molecule has 0 bridgehead atoms. The van der Waals surface area contributed by atoms with Crippen molar-refractivity contribution in [1.29, 1.82) is 0 Å². The number of para-hydroxylation sites is 4. The molecule has 8 amide bonds. The van der Waals surface area contributed by atoms with E-state index in [4.69, 9.17) is 28.4 Å².